The van der Waals surface area contributed by atoms with Crippen molar-refractivity contribution < 1.29 is 13.6 Å². The molecule has 1 aliphatic carbocycles. The van der Waals surface area contributed by atoms with E-state index in [0.29, 0.717) is 31.8 Å². The number of carbonyl (C=O) groups is 1. The van der Waals surface area contributed by atoms with Gasteiger partial charge in [0, 0.05) is 44.3 Å². The van der Waals surface area contributed by atoms with E-state index in [-0.39, 0.29) is 12.3 Å². The van der Waals surface area contributed by atoms with Crippen molar-refractivity contribution in [3.05, 3.63) is 0 Å². The normalized spacial score (nSPS) is 35.5. The second kappa shape index (κ2) is 3.81. The molecule has 0 aromatic carbocycles. The van der Waals surface area contributed by atoms with Gasteiger partial charge in [-0.25, -0.2) is 8.78 Å². The van der Waals surface area contributed by atoms with Crippen molar-refractivity contribution in [2.75, 3.05) is 19.6 Å². The lowest BCUT2D eigenvalue weighted by Gasteiger charge is -2.31. The van der Waals surface area contributed by atoms with Crippen molar-refractivity contribution in [3.63, 3.8) is 0 Å². The zero-order chi connectivity index (χ0) is 11.1. The molecule has 1 heterocycles. The van der Waals surface area contributed by atoms with Crippen LogP contribution in [0.15, 0.2) is 0 Å². The number of ketones is 1. The first-order valence-corrected chi connectivity index (χ1v) is 5.66. The summed E-state index contributed by atoms with van der Waals surface area (Å²) in [5.74, 6) is -2.51. The van der Waals surface area contributed by atoms with E-state index in [4.69, 9.17) is 0 Å². The van der Waals surface area contributed by atoms with Crippen molar-refractivity contribution in [3.8, 4) is 0 Å². The second-order valence-electron chi connectivity index (χ2n) is 4.74. The summed E-state index contributed by atoms with van der Waals surface area (Å²) in [7, 11) is 0. The third-order valence-electron chi connectivity index (χ3n) is 3.54. The molecule has 4 heteroatoms. The molecule has 0 radical (unpaired) electrons. The van der Waals surface area contributed by atoms with E-state index < -0.39 is 11.8 Å². The lowest BCUT2D eigenvalue weighted by atomic mass is 9.94. The number of hydrogen-bond donors (Lipinski definition) is 0. The van der Waals surface area contributed by atoms with Crippen molar-refractivity contribution in [1.29, 1.82) is 0 Å². The summed E-state index contributed by atoms with van der Waals surface area (Å²) in [6, 6.07) is 0. The molecule has 0 N–H and O–H groups in total. The van der Waals surface area contributed by atoms with Crippen molar-refractivity contribution >= 4 is 5.78 Å². The molecule has 1 saturated carbocycles. The number of hydrogen-bond acceptors (Lipinski definition) is 2. The molecule has 2 nitrogen and oxygen atoms in total. The highest BCUT2D eigenvalue weighted by Crippen LogP contribution is 2.49. The predicted molar refractivity (Wildman–Crippen MR) is 52.9 cm³/mol. The fraction of sp³-hybridized carbons (Fsp3) is 0.909. The summed E-state index contributed by atoms with van der Waals surface area (Å²) in [6.07, 6.45) is 1.40. The van der Waals surface area contributed by atoms with E-state index in [2.05, 4.69) is 0 Å². The van der Waals surface area contributed by atoms with Crippen LogP contribution >= 0.6 is 0 Å². The van der Waals surface area contributed by atoms with Gasteiger partial charge in [0.2, 0.25) is 0 Å². The van der Waals surface area contributed by atoms with Gasteiger partial charge >= 0.3 is 0 Å². The Labute approximate surface area is 88.6 Å². The Morgan fingerprint density at radius 3 is 2.73 bits per heavy atom. The van der Waals surface area contributed by atoms with E-state index in [1.165, 1.54) is 0 Å². The molecule has 2 aliphatic rings. The van der Waals surface area contributed by atoms with Crippen LogP contribution in [0.4, 0.5) is 8.78 Å². The zero-order valence-corrected chi connectivity index (χ0v) is 9.01. The van der Waals surface area contributed by atoms with Crippen LogP contribution in [0.25, 0.3) is 0 Å². The molecular weight excluding hydrogens is 200 g/mol. The summed E-state index contributed by atoms with van der Waals surface area (Å²) < 4.78 is 25.4. The molecule has 0 bridgehead atoms. The maximum atomic E-state index is 12.7. The van der Waals surface area contributed by atoms with E-state index in [9.17, 15) is 13.6 Å². The van der Waals surface area contributed by atoms with E-state index in [0.717, 1.165) is 6.42 Å². The first-order valence-electron chi connectivity index (χ1n) is 5.66. The van der Waals surface area contributed by atoms with Crippen LogP contribution in [0, 0.1) is 11.8 Å². The molecule has 2 rings (SSSR count). The maximum Gasteiger partial charge on any atom is 0.252 e. The number of alkyl halides is 2. The van der Waals surface area contributed by atoms with Crippen LogP contribution in [0.1, 0.15) is 26.2 Å². The smallest absolute Gasteiger partial charge is 0.252 e. The average Bonchev–Trinajstić information content (AvgIpc) is 2.77. The topological polar surface area (TPSA) is 20.3 Å². The summed E-state index contributed by atoms with van der Waals surface area (Å²) in [5.41, 5.74) is 0. The lowest BCUT2D eigenvalue weighted by Crippen LogP contribution is -2.41. The van der Waals surface area contributed by atoms with Crippen LogP contribution in [0.2, 0.25) is 0 Å². The van der Waals surface area contributed by atoms with Crippen LogP contribution in [-0.4, -0.2) is 36.2 Å². The molecule has 1 saturated heterocycles. The number of nitrogens with zero attached hydrogens (tertiary/aromatic N) is 1. The SMILES string of the molecule is CCC1CN(CC2CC2(F)F)CCC1=O. The molecule has 0 spiro atoms. The highest BCUT2D eigenvalue weighted by atomic mass is 19.3. The van der Waals surface area contributed by atoms with Gasteiger partial charge in [-0.15, -0.1) is 0 Å². The molecule has 0 aromatic heterocycles. The minimum absolute atomic E-state index is 0.0360. The highest BCUT2D eigenvalue weighted by molar-refractivity contribution is 5.82. The van der Waals surface area contributed by atoms with Crippen molar-refractivity contribution in [1.82, 2.24) is 4.90 Å². The first kappa shape index (κ1) is 11.0. The van der Waals surface area contributed by atoms with Gasteiger partial charge in [-0.2, -0.15) is 0 Å². The Morgan fingerprint density at radius 1 is 1.53 bits per heavy atom. The van der Waals surface area contributed by atoms with Crippen LogP contribution in [0.3, 0.4) is 0 Å². The quantitative estimate of drug-likeness (QED) is 0.720. The Kier molecular flexibility index (Phi) is 2.79. The predicted octanol–water partition coefficient (Wildman–Crippen LogP) is 1.94. The summed E-state index contributed by atoms with van der Waals surface area (Å²) in [5, 5.41) is 0. The standard InChI is InChI=1S/C11H17F2NO/c1-2-8-6-14(4-3-10(8)15)7-9-5-11(9,12)13/h8-9H,2-7H2,1H3. The van der Waals surface area contributed by atoms with E-state index in [1.54, 1.807) is 0 Å². The van der Waals surface area contributed by atoms with Crippen LogP contribution in [-0.2, 0) is 4.79 Å². The summed E-state index contributed by atoms with van der Waals surface area (Å²) in [6.45, 7) is 3.80. The van der Waals surface area contributed by atoms with Crippen LogP contribution in [0.5, 0.6) is 0 Å². The second-order valence-corrected chi connectivity index (χ2v) is 4.74. The molecule has 0 amide bonds. The molecule has 15 heavy (non-hydrogen) atoms. The minimum Gasteiger partial charge on any atom is -0.302 e. The van der Waals surface area contributed by atoms with Gasteiger partial charge in [0.15, 0.2) is 0 Å². The monoisotopic (exact) mass is 217 g/mol. The summed E-state index contributed by atoms with van der Waals surface area (Å²) >= 11 is 0. The molecule has 1 aliphatic heterocycles. The third kappa shape index (κ3) is 2.36. The number of rotatable bonds is 3. The van der Waals surface area contributed by atoms with Crippen LogP contribution < -0.4 is 0 Å². The number of Topliss-reactive ketones (excluding diaryl/α,β-unsaturated/α-hetero) is 1. The van der Waals surface area contributed by atoms with E-state index >= 15 is 0 Å². The first-order chi connectivity index (χ1) is 7.03. The Morgan fingerprint density at radius 2 is 2.20 bits per heavy atom. The molecular formula is C11H17F2NO. The number of likely N-dealkylation sites (tertiary alicyclic amines) is 1. The lowest BCUT2D eigenvalue weighted by molar-refractivity contribution is -0.126. The van der Waals surface area contributed by atoms with Gasteiger partial charge in [0.05, 0.1) is 0 Å². The van der Waals surface area contributed by atoms with Gasteiger partial charge < -0.3 is 4.90 Å². The third-order valence-corrected chi connectivity index (χ3v) is 3.54. The molecule has 86 valence electrons. The molecule has 2 atom stereocenters. The van der Waals surface area contributed by atoms with Gasteiger partial charge in [0.1, 0.15) is 5.78 Å². The van der Waals surface area contributed by atoms with Gasteiger partial charge in [-0.3, -0.25) is 4.79 Å². The average molecular weight is 217 g/mol. The largest absolute Gasteiger partial charge is 0.302 e. The minimum atomic E-state index is -2.43. The Hall–Kier alpha value is -0.510. The van der Waals surface area contributed by atoms with Gasteiger partial charge in [-0.1, -0.05) is 6.92 Å². The van der Waals surface area contributed by atoms with Crippen molar-refractivity contribution in [2.45, 2.75) is 32.1 Å². The zero-order valence-electron chi connectivity index (χ0n) is 9.01. The fourth-order valence-corrected chi connectivity index (χ4v) is 2.28. The molecule has 2 fully saturated rings. The molecule has 0 aromatic rings. The maximum absolute atomic E-state index is 12.7. The van der Waals surface area contributed by atoms with Crippen molar-refractivity contribution in [2.24, 2.45) is 11.8 Å². The Balaban J connectivity index is 1.82. The number of carbonyl (C=O) groups excluding carboxylic acids is 1. The number of piperidine rings is 1. The molecule has 2 unspecified atom stereocenters. The number of halogens is 2. The fourth-order valence-electron chi connectivity index (χ4n) is 2.28. The van der Waals surface area contributed by atoms with Gasteiger partial charge in [0.25, 0.3) is 5.92 Å². The summed E-state index contributed by atoms with van der Waals surface area (Å²) in [4.78, 5) is 13.5. The Bertz CT molecular complexity index is 267. The highest BCUT2D eigenvalue weighted by Gasteiger charge is 2.57. The van der Waals surface area contributed by atoms with Gasteiger partial charge in [-0.05, 0) is 6.42 Å². The van der Waals surface area contributed by atoms with E-state index in [1.807, 2.05) is 11.8 Å².